The fraction of sp³-hybridized carbons (Fsp3) is 0.630. The van der Waals surface area contributed by atoms with Gasteiger partial charge in [0, 0.05) is 85.0 Å². The highest BCUT2D eigenvalue weighted by molar-refractivity contribution is 6.18. The van der Waals surface area contributed by atoms with Gasteiger partial charge in [0.25, 0.3) is 27.8 Å². The fourth-order valence-electron chi connectivity index (χ4n) is 10.8. The number of rotatable bonds is 13. The molecule has 31 nitrogen and oxygen atoms in total. The van der Waals surface area contributed by atoms with Crippen LogP contribution in [0.15, 0.2) is 109 Å². The van der Waals surface area contributed by atoms with E-state index in [-0.39, 0.29) is 18.4 Å². The molecule has 10 rings (SSSR count). The molecule has 0 bridgehead atoms. The summed E-state index contributed by atoms with van der Waals surface area (Å²) < 4.78 is 102. The number of ether oxygens (including phenoxy) is 5. The summed E-state index contributed by atoms with van der Waals surface area (Å²) in [5.41, 5.74) is -9.85. The second kappa shape index (κ2) is 30.6. The number of alkyl halides is 6. The van der Waals surface area contributed by atoms with Crippen LogP contribution in [0.25, 0.3) is 0 Å². The Bertz CT molecular complexity index is 3530. The number of hydrogen-bond donors (Lipinski definition) is 11. The van der Waals surface area contributed by atoms with Crippen molar-refractivity contribution in [2.75, 3.05) is 38.9 Å². The van der Waals surface area contributed by atoms with Crippen molar-refractivity contribution in [3.63, 3.8) is 0 Å². The maximum Gasteiger partial charge on any atom is 0.330 e. The van der Waals surface area contributed by atoms with Crippen molar-refractivity contribution in [3.8, 4) is 0 Å². The summed E-state index contributed by atoms with van der Waals surface area (Å²) in [6, 6.07) is 5.52. The molecule has 5 aliphatic heterocycles. The van der Waals surface area contributed by atoms with E-state index in [0.717, 1.165) is 65.7 Å². The SMILES string of the molecule is CCC1(CC)O[C@@H](n2ccc(=O)[nH]c2=O)[C@H](F)[C@@H]1C.C[C@H]1[C@@H](F)[C@H](n2ccc(=O)[nH]c2=O)OC1(CO)CO.C[C@H]1[C@@H](F)[C@H](n2ccc(=O)[nH]c2=O)O[C@@H]1CO.C[C@H]1[C@@H](F)[C@H](n2ccc(=O)[nH]c2=O)O[C@@]1(CO)CCl.O=c1ccn([C@@H]2O[C@H](CO)[C@@H](O)[C@H]2F)c(=O)[nH]1. The van der Waals surface area contributed by atoms with Crippen LogP contribution >= 0.6 is 11.6 Å². The first kappa shape index (κ1) is 73.0. The Kier molecular flexibility index (Phi) is 24.5. The van der Waals surface area contributed by atoms with Crippen LogP contribution in [0, 0.1) is 23.7 Å². The topological polar surface area (TPSA) is 442 Å². The highest BCUT2D eigenvalue weighted by atomic mass is 35.5. The second-order valence-corrected chi connectivity index (χ2v) is 22.3. The molecular formula is C54H72ClF5N10O21. The van der Waals surface area contributed by atoms with Gasteiger partial charge in [-0.1, -0.05) is 41.5 Å². The molecule has 0 saturated carbocycles. The normalized spacial score (nSPS) is 31.9. The first-order valence-corrected chi connectivity index (χ1v) is 28.9. The minimum Gasteiger partial charge on any atom is -0.394 e. The van der Waals surface area contributed by atoms with Gasteiger partial charge in [0.2, 0.25) is 0 Å². The molecule has 0 aliphatic carbocycles. The third-order valence-corrected chi connectivity index (χ3v) is 17.4. The van der Waals surface area contributed by atoms with Crippen molar-refractivity contribution >= 4 is 11.6 Å². The predicted octanol–water partition coefficient (Wildman–Crippen LogP) is -2.10. The van der Waals surface area contributed by atoms with Crippen LogP contribution in [0.1, 0.15) is 85.5 Å². The molecule has 18 atom stereocenters. The molecule has 5 aliphatic rings. The van der Waals surface area contributed by atoms with Crippen molar-refractivity contribution in [2.24, 2.45) is 23.7 Å². The smallest absolute Gasteiger partial charge is 0.330 e. The van der Waals surface area contributed by atoms with E-state index >= 15 is 0 Å². The van der Waals surface area contributed by atoms with Gasteiger partial charge in [-0.15, -0.1) is 11.6 Å². The number of nitrogens with one attached hydrogen (secondary N) is 5. The lowest BCUT2D eigenvalue weighted by Gasteiger charge is -2.30. The highest BCUT2D eigenvalue weighted by Crippen LogP contribution is 2.47. The Morgan fingerprint density at radius 1 is 0.429 bits per heavy atom. The van der Waals surface area contributed by atoms with Crippen molar-refractivity contribution in [1.82, 2.24) is 47.8 Å². The molecule has 0 aromatic carbocycles. The van der Waals surface area contributed by atoms with Gasteiger partial charge in [0.05, 0.1) is 50.6 Å². The number of aliphatic hydroxyl groups excluding tert-OH is 6. The second-order valence-electron chi connectivity index (χ2n) is 22.1. The van der Waals surface area contributed by atoms with E-state index in [9.17, 15) is 90.3 Å². The Labute approximate surface area is 513 Å². The first-order chi connectivity index (χ1) is 42.9. The molecule has 0 unspecified atom stereocenters. The summed E-state index contributed by atoms with van der Waals surface area (Å²) in [5, 5.41) is 55.2. The highest BCUT2D eigenvalue weighted by Gasteiger charge is 2.56. The summed E-state index contributed by atoms with van der Waals surface area (Å²) in [6.07, 6.45) is -9.65. The summed E-state index contributed by atoms with van der Waals surface area (Å²) >= 11 is 5.75. The van der Waals surface area contributed by atoms with Crippen LogP contribution in [-0.2, 0) is 23.7 Å². The lowest BCUT2D eigenvalue weighted by Crippen LogP contribution is -2.43. The van der Waals surface area contributed by atoms with Crippen LogP contribution in [-0.4, -0.2) is 183 Å². The van der Waals surface area contributed by atoms with Crippen molar-refractivity contribution in [3.05, 3.63) is 166 Å². The average Bonchev–Trinajstić information content (AvgIpc) is 1.67. The number of nitrogens with zero attached hydrogens (tertiary/aromatic N) is 5. The van der Waals surface area contributed by atoms with Gasteiger partial charge in [0.15, 0.2) is 62.0 Å². The Morgan fingerprint density at radius 3 is 0.945 bits per heavy atom. The van der Waals surface area contributed by atoms with E-state index < -0.39 is 198 Å². The zero-order valence-corrected chi connectivity index (χ0v) is 50.3. The Balaban J connectivity index is 0.000000181. The van der Waals surface area contributed by atoms with Gasteiger partial charge in [-0.2, -0.15) is 0 Å². The molecule has 5 fully saturated rings. The van der Waals surface area contributed by atoms with E-state index in [1.807, 2.05) is 33.8 Å². The fourth-order valence-corrected chi connectivity index (χ4v) is 11.2. The molecule has 91 heavy (non-hydrogen) atoms. The summed E-state index contributed by atoms with van der Waals surface area (Å²) in [5.74, 6) is -2.39. The molecule has 10 heterocycles. The van der Waals surface area contributed by atoms with Gasteiger partial charge in [-0.05, 0) is 12.8 Å². The van der Waals surface area contributed by atoms with E-state index in [1.54, 1.807) is 20.8 Å². The maximum absolute atomic E-state index is 14.4. The molecule has 0 radical (unpaired) electrons. The number of aromatic nitrogens is 10. The molecule has 5 aromatic rings. The standard InChI is InChI=1S/C13H19FN2O3.C11H14ClFN2O4.C11H15FN2O5.C10H13FN2O4.C9H11FN2O5/c1-4-13(5-2)8(3)10(14)11(19-13)16-7-6-9(17)15-12(16)18;1-6-8(13)9(19-11(6,4-12)5-16)15-3-2-7(17)14-10(15)18;1-6-8(12)9(19-11(6,4-15)5-16)14-3-2-7(17)13-10(14)18;1-5-6(4-14)17-9(8(5)11)13-3-2-7(15)12-10(13)16;10-6-7(15)4(3-13)17-8(6)12-2-1-5(14)11-9(12)16/h6-8,10-11H,4-5H2,1-3H3,(H,15,17,18);2-3,6,8-9,16H,4-5H2,1H3,(H,14,17,18);2-3,6,8-9,15-16H,4-5H2,1H3,(H,13,17,18);2-3,5-6,8-9,14H,4H2,1H3,(H,12,15,16);1-2,4,6-8,13,15H,3H2,(H,11,14,16)/t8-,10+,11+;6-,8+,9+,11+;6-,8+,9+;5-,6-,8-,9-;4-,6-,7-,8-/m00011/s1. The van der Waals surface area contributed by atoms with Gasteiger partial charge in [0.1, 0.15) is 23.4 Å². The van der Waals surface area contributed by atoms with Crippen molar-refractivity contribution in [2.45, 2.75) is 151 Å². The third-order valence-electron chi connectivity index (χ3n) is 17.0. The van der Waals surface area contributed by atoms with Gasteiger partial charge >= 0.3 is 28.4 Å². The average molecular weight is 1330 g/mol. The molecule has 506 valence electrons. The minimum absolute atomic E-state index is 0.0975. The first-order valence-electron chi connectivity index (χ1n) is 28.3. The third kappa shape index (κ3) is 15.2. The Hall–Kier alpha value is -7.10. The van der Waals surface area contributed by atoms with Crippen molar-refractivity contribution in [1.29, 1.82) is 0 Å². The zero-order valence-electron chi connectivity index (χ0n) is 49.6. The van der Waals surface area contributed by atoms with Gasteiger partial charge < -0.3 is 54.3 Å². The number of halogens is 6. The van der Waals surface area contributed by atoms with E-state index in [2.05, 4.69) is 4.98 Å². The van der Waals surface area contributed by atoms with Crippen LogP contribution in [0.2, 0.25) is 0 Å². The largest absolute Gasteiger partial charge is 0.394 e. The number of H-pyrrole nitrogens is 5. The number of aromatic amines is 5. The summed E-state index contributed by atoms with van der Waals surface area (Å²) in [6.45, 7) is 7.87. The minimum atomic E-state index is -1.85. The van der Waals surface area contributed by atoms with Crippen molar-refractivity contribution < 1.29 is 76.3 Å². The summed E-state index contributed by atoms with van der Waals surface area (Å²) in [7, 11) is 0. The maximum atomic E-state index is 14.4. The van der Waals surface area contributed by atoms with E-state index in [0.29, 0.717) is 12.8 Å². The van der Waals surface area contributed by atoms with Gasteiger partial charge in [-0.25, -0.2) is 45.9 Å². The van der Waals surface area contributed by atoms with Crippen LogP contribution in [0.5, 0.6) is 0 Å². The Morgan fingerprint density at radius 2 is 0.703 bits per heavy atom. The quantitative estimate of drug-likeness (QED) is 0.0444. The zero-order chi connectivity index (χ0) is 67.8. The molecule has 37 heteroatoms. The molecule has 5 saturated heterocycles. The van der Waals surface area contributed by atoms with Crippen LogP contribution in [0.3, 0.4) is 0 Å². The van der Waals surface area contributed by atoms with Gasteiger partial charge in [-0.3, -0.25) is 71.7 Å². The number of hydrogen-bond acceptors (Lipinski definition) is 21. The van der Waals surface area contributed by atoms with Crippen LogP contribution in [0.4, 0.5) is 22.0 Å². The predicted molar refractivity (Wildman–Crippen MR) is 307 cm³/mol. The van der Waals surface area contributed by atoms with E-state index in [4.69, 9.17) is 45.5 Å². The number of aliphatic hydroxyl groups is 6. The van der Waals surface area contributed by atoms with Crippen LogP contribution < -0.4 is 56.2 Å². The molecule has 5 aromatic heterocycles. The van der Waals surface area contributed by atoms with E-state index in [1.165, 1.54) is 25.4 Å². The summed E-state index contributed by atoms with van der Waals surface area (Å²) in [4.78, 5) is 123. The molecular weight excluding hydrogens is 1260 g/mol. The lowest BCUT2D eigenvalue weighted by molar-refractivity contribution is -0.136. The molecule has 0 amide bonds. The lowest BCUT2D eigenvalue weighted by atomic mass is 9.83. The monoisotopic (exact) mass is 1330 g/mol. The molecule has 11 N–H and O–H groups in total. The molecule has 0 spiro atoms.